The van der Waals surface area contributed by atoms with Crippen LogP contribution < -0.4 is 5.32 Å². The zero-order valence-electron chi connectivity index (χ0n) is 11.9. The summed E-state index contributed by atoms with van der Waals surface area (Å²) in [5, 5.41) is 11.8. The van der Waals surface area contributed by atoms with Crippen molar-refractivity contribution in [2.75, 3.05) is 20.3 Å². The van der Waals surface area contributed by atoms with Gasteiger partial charge < -0.3 is 15.0 Å². The molecule has 1 fully saturated rings. The second-order valence-electron chi connectivity index (χ2n) is 5.55. The van der Waals surface area contributed by atoms with E-state index in [0.29, 0.717) is 17.8 Å². The van der Waals surface area contributed by atoms with Crippen molar-refractivity contribution < 1.29 is 9.53 Å². The zero-order chi connectivity index (χ0) is 14.4. The SMILES string of the molecule is COCCC1(CNC(=O)c2cc(C#N)c[nH]2)CCCC1. The van der Waals surface area contributed by atoms with Crippen LogP contribution >= 0.6 is 0 Å². The van der Waals surface area contributed by atoms with Crippen LogP contribution in [-0.4, -0.2) is 31.2 Å². The van der Waals surface area contributed by atoms with Crippen molar-refractivity contribution in [2.45, 2.75) is 32.1 Å². The van der Waals surface area contributed by atoms with Crippen LogP contribution in [0.2, 0.25) is 0 Å². The van der Waals surface area contributed by atoms with Gasteiger partial charge in [-0.2, -0.15) is 5.26 Å². The number of nitriles is 1. The summed E-state index contributed by atoms with van der Waals surface area (Å²) < 4.78 is 5.18. The average molecular weight is 275 g/mol. The Bertz CT molecular complexity index is 495. The Hall–Kier alpha value is -1.80. The summed E-state index contributed by atoms with van der Waals surface area (Å²) in [6.45, 7) is 1.41. The molecular formula is C15H21N3O2. The number of hydrogen-bond donors (Lipinski definition) is 2. The first-order valence-electron chi connectivity index (χ1n) is 7.05. The second-order valence-corrected chi connectivity index (χ2v) is 5.55. The van der Waals surface area contributed by atoms with Gasteiger partial charge in [-0.15, -0.1) is 0 Å². The standard InChI is InChI=1S/C15H21N3O2/c1-20-7-6-15(4-2-3-5-15)11-18-14(19)13-8-12(9-16)10-17-13/h8,10,17H,2-7,11H2,1H3,(H,18,19). The number of aromatic amines is 1. The molecule has 0 radical (unpaired) electrons. The summed E-state index contributed by atoms with van der Waals surface area (Å²) in [7, 11) is 1.71. The van der Waals surface area contributed by atoms with E-state index in [1.165, 1.54) is 12.8 Å². The molecule has 2 N–H and O–H groups in total. The third-order valence-corrected chi connectivity index (χ3v) is 4.18. The van der Waals surface area contributed by atoms with Crippen LogP contribution in [0, 0.1) is 16.7 Å². The molecule has 0 unspecified atom stereocenters. The molecule has 1 aliphatic carbocycles. The highest BCUT2D eigenvalue weighted by Gasteiger charge is 2.33. The minimum absolute atomic E-state index is 0.143. The number of H-pyrrole nitrogens is 1. The van der Waals surface area contributed by atoms with E-state index >= 15 is 0 Å². The number of carbonyl (C=O) groups excluding carboxylic acids is 1. The highest BCUT2D eigenvalue weighted by molar-refractivity contribution is 5.92. The van der Waals surface area contributed by atoms with Crippen molar-refractivity contribution >= 4 is 5.91 Å². The maximum absolute atomic E-state index is 12.1. The number of hydrogen-bond acceptors (Lipinski definition) is 3. The van der Waals surface area contributed by atoms with E-state index < -0.39 is 0 Å². The first-order valence-corrected chi connectivity index (χ1v) is 7.05. The molecule has 1 heterocycles. The molecule has 108 valence electrons. The Kier molecular flexibility index (Phi) is 4.80. The number of ether oxygens (including phenoxy) is 1. The molecule has 0 aromatic carbocycles. The Balaban J connectivity index is 1.92. The van der Waals surface area contributed by atoms with Crippen molar-refractivity contribution in [1.29, 1.82) is 5.26 Å². The van der Waals surface area contributed by atoms with Crippen molar-refractivity contribution in [1.82, 2.24) is 10.3 Å². The van der Waals surface area contributed by atoms with Crippen molar-refractivity contribution in [3.05, 3.63) is 23.5 Å². The number of methoxy groups -OCH3 is 1. The van der Waals surface area contributed by atoms with Gasteiger partial charge in [-0.1, -0.05) is 12.8 Å². The molecule has 1 saturated carbocycles. The van der Waals surface area contributed by atoms with E-state index in [0.717, 1.165) is 25.9 Å². The molecule has 2 rings (SSSR count). The molecule has 5 heteroatoms. The van der Waals surface area contributed by atoms with E-state index in [4.69, 9.17) is 10.00 Å². The maximum atomic E-state index is 12.1. The quantitative estimate of drug-likeness (QED) is 0.835. The van der Waals surface area contributed by atoms with E-state index in [1.807, 2.05) is 6.07 Å². The van der Waals surface area contributed by atoms with E-state index in [2.05, 4.69) is 10.3 Å². The van der Waals surface area contributed by atoms with Crippen molar-refractivity contribution in [2.24, 2.45) is 5.41 Å². The smallest absolute Gasteiger partial charge is 0.267 e. The summed E-state index contributed by atoms with van der Waals surface area (Å²) in [4.78, 5) is 14.9. The summed E-state index contributed by atoms with van der Waals surface area (Å²) in [5.41, 5.74) is 1.10. The molecule has 20 heavy (non-hydrogen) atoms. The molecule has 0 bridgehead atoms. The fourth-order valence-electron chi connectivity index (χ4n) is 2.91. The van der Waals surface area contributed by atoms with E-state index in [9.17, 15) is 4.79 Å². The number of aromatic nitrogens is 1. The number of rotatable bonds is 6. The normalized spacial score (nSPS) is 16.8. The van der Waals surface area contributed by atoms with Gasteiger partial charge in [0.1, 0.15) is 11.8 Å². The van der Waals surface area contributed by atoms with Gasteiger partial charge in [-0.05, 0) is 30.7 Å². The van der Waals surface area contributed by atoms with Gasteiger partial charge in [0.15, 0.2) is 0 Å². The highest BCUT2D eigenvalue weighted by Crippen LogP contribution is 2.40. The Morgan fingerprint density at radius 3 is 2.90 bits per heavy atom. The summed E-state index contributed by atoms with van der Waals surface area (Å²) >= 11 is 0. The van der Waals surface area contributed by atoms with E-state index in [1.54, 1.807) is 19.4 Å². The van der Waals surface area contributed by atoms with Crippen LogP contribution in [-0.2, 0) is 4.74 Å². The van der Waals surface area contributed by atoms with Crippen LogP contribution in [0.3, 0.4) is 0 Å². The third kappa shape index (κ3) is 3.40. The first kappa shape index (κ1) is 14.6. The van der Waals surface area contributed by atoms with Crippen LogP contribution in [0.5, 0.6) is 0 Å². The molecule has 1 aliphatic rings. The fourth-order valence-corrected chi connectivity index (χ4v) is 2.91. The average Bonchev–Trinajstić information content (AvgIpc) is 3.12. The van der Waals surface area contributed by atoms with Gasteiger partial charge in [0, 0.05) is 26.5 Å². The predicted molar refractivity (Wildman–Crippen MR) is 75.2 cm³/mol. The second kappa shape index (κ2) is 6.58. The number of nitrogens with zero attached hydrogens (tertiary/aromatic N) is 1. The summed E-state index contributed by atoms with van der Waals surface area (Å²) in [6.07, 6.45) is 7.26. The monoisotopic (exact) mass is 275 g/mol. The summed E-state index contributed by atoms with van der Waals surface area (Å²) in [6, 6.07) is 3.58. The number of carbonyl (C=O) groups is 1. The van der Waals surface area contributed by atoms with Gasteiger partial charge in [0.05, 0.1) is 5.56 Å². The lowest BCUT2D eigenvalue weighted by Gasteiger charge is -2.28. The van der Waals surface area contributed by atoms with Crippen molar-refractivity contribution in [3.63, 3.8) is 0 Å². The molecule has 0 saturated heterocycles. The maximum Gasteiger partial charge on any atom is 0.267 e. The predicted octanol–water partition coefficient (Wildman–Crippen LogP) is 2.21. The van der Waals surface area contributed by atoms with Gasteiger partial charge in [0.25, 0.3) is 5.91 Å². The van der Waals surface area contributed by atoms with Crippen LogP contribution in [0.25, 0.3) is 0 Å². The first-order chi connectivity index (χ1) is 9.69. The molecule has 0 atom stereocenters. The van der Waals surface area contributed by atoms with Gasteiger partial charge in [-0.3, -0.25) is 4.79 Å². The van der Waals surface area contributed by atoms with Crippen LogP contribution in [0.1, 0.15) is 48.2 Å². The van der Waals surface area contributed by atoms with Crippen LogP contribution in [0.15, 0.2) is 12.3 Å². The Morgan fingerprint density at radius 2 is 2.30 bits per heavy atom. The van der Waals surface area contributed by atoms with E-state index in [-0.39, 0.29) is 11.3 Å². The topological polar surface area (TPSA) is 77.9 Å². The molecule has 0 aliphatic heterocycles. The Labute approximate surface area is 119 Å². The lowest BCUT2D eigenvalue weighted by molar-refractivity contribution is 0.0899. The van der Waals surface area contributed by atoms with Gasteiger partial charge in [0.2, 0.25) is 0 Å². The highest BCUT2D eigenvalue weighted by atomic mass is 16.5. The van der Waals surface area contributed by atoms with Crippen LogP contribution in [0.4, 0.5) is 0 Å². The lowest BCUT2D eigenvalue weighted by atomic mass is 9.83. The summed E-state index contributed by atoms with van der Waals surface area (Å²) in [5.74, 6) is -0.143. The molecular weight excluding hydrogens is 254 g/mol. The van der Waals surface area contributed by atoms with Gasteiger partial charge in [-0.25, -0.2) is 0 Å². The molecule has 1 amide bonds. The minimum Gasteiger partial charge on any atom is -0.385 e. The molecule has 5 nitrogen and oxygen atoms in total. The number of amides is 1. The fraction of sp³-hybridized carbons (Fsp3) is 0.600. The molecule has 0 spiro atoms. The third-order valence-electron chi connectivity index (χ3n) is 4.18. The van der Waals surface area contributed by atoms with Gasteiger partial charge >= 0.3 is 0 Å². The Morgan fingerprint density at radius 1 is 1.55 bits per heavy atom. The lowest BCUT2D eigenvalue weighted by Crippen LogP contribution is -2.36. The number of nitrogens with one attached hydrogen (secondary N) is 2. The zero-order valence-corrected chi connectivity index (χ0v) is 11.9. The van der Waals surface area contributed by atoms with Crippen molar-refractivity contribution in [3.8, 4) is 6.07 Å². The molecule has 1 aromatic heterocycles. The minimum atomic E-state index is -0.143. The largest absolute Gasteiger partial charge is 0.385 e. The molecule has 1 aromatic rings.